The minimum Gasteiger partial charge on any atom is -0.394 e. The number of rotatable bonds is 4. The molecule has 0 amide bonds. The van der Waals surface area contributed by atoms with E-state index in [2.05, 4.69) is 46.8 Å². The molecule has 2 N–H and O–H groups in total. The number of likely N-dealkylation sites (N-methyl/N-ethyl adjacent to an activating group) is 1. The van der Waals surface area contributed by atoms with Gasteiger partial charge < -0.3 is 15.1 Å². The molecule has 0 bridgehead atoms. The van der Waals surface area contributed by atoms with Gasteiger partial charge in [0, 0.05) is 12.7 Å². The van der Waals surface area contributed by atoms with Gasteiger partial charge >= 0.3 is 0 Å². The molecule has 0 aliphatic heterocycles. The second kappa shape index (κ2) is 5.93. The van der Waals surface area contributed by atoms with Gasteiger partial charge in [-0.15, -0.1) is 0 Å². The highest BCUT2D eigenvalue weighted by Crippen LogP contribution is 2.31. The van der Waals surface area contributed by atoms with Crippen LogP contribution in [0.3, 0.4) is 0 Å². The summed E-state index contributed by atoms with van der Waals surface area (Å²) in [4.78, 5) is 1.97. The molecule has 0 saturated heterocycles. The van der Waals surface area contributed by atoms with Crippen molar-refractivity contribution in [2.75, 3.05) is 25.2 Å². The fourth-order valence-electron chi connectivity index (χ4n) is 2.43. The minimum absolute atomic E-state index is 0.0487. The molecule has 0 fully saturated rings. The Labute approximate surface area is 116 Å². The zero-order valence-corrected chi connectivity index (χ0v) is 13.0. The molecule has 0 aliphatic rings. The SMILES string of the molecule is Cc1cc(C(C)(C)C)cc(C)c1N(C)C(CO)CO. The van der Waals surface area contributed by atoms with Gasteiger partial charge in [-0.25, -0.2) is 0 Å². The number of aliphatic hydroxyl groups is 2. The van der Waals surface area contributed by atoms with E-state index in [1.165, 1.54) is 16.7 Å². The van der Waals surface area contributed by atoms with Crippen LogP contribution in [0.4, 0.5) is 5.69 Å². The first-order valence-electron chi connectivity index (χ1n) is 6.78. The summed E-state index contributed by atoms with van der Waals surface area (Å²) in [6.07, 6.45) is 0. The number of hydrogen-bond donors (Lipinski definition) is 2. The average molecular weight is 265 g/mol. The summed E-state index contributed by atoms with van der Waals surface area (Å²) in [7, 11) is 1.92. The van der Waals surface area contributed by atoms with Gasteiger partial charge in [0.05, 0.1) is 19.3 Å². The first-order chi connectivity index (χ1) is 8.72. The summed E-state index contributed by atoms with van der Waals surface area (Å²) in [6, 6.07) is 4.15. The monoisotopic (exact) mass is 265 g/mol. The summed E-state index contributed by atoms with van der Waals surface area (Å²) in [5.41, 5.74) is 4.89. The molecule has 0 atom stereocenters. The normalized spacial score (nSPS) is 12.1. The van der Waals surface area contributed by atoms with E-state index in [-0.39, 0.29) is 24.7 Å². The average Bonchev–Trinajstić information content (AvgIpc) is 2.28. The van der Waals surface area contributed by atoms with E-state index in [0.29, 0.717) is 0 Å². The second-order valence-corrected chi connectivity index (χ2v) is 6.34. The number of hydrogen-bond acceptors (Lipinski definition) is 3. The van der Waals surface area contributed by atoms with Gasteiger partial charge in [-0.2, -0.15) is 0 Å². The zero-order chi connectivity index (χ0) is 14.8. The van der Waals surface area contributed by atoms with E-state index in [1.807, 2.05) is 11.9 Å². The lowest BCUT2D eigenvalue weighted by molar-refractivity contribution is 0.190. The van der Waals surface area contributed by atoms with Gasteiger partial charge in [0.2, 0.25) is 0 Å². The maximum absolute atomic E-state index is 9.32. The van der Waals surface area contributed by atoms with Crippen LogP contribution in [0.1, 0.15) is 37.5 Å². The molecule has 0 heterocycles. The van der Waals surface area contributed by atoms with Crippen molar-refractivity contribution in [2.24, 2.45) is 0 Å². The van der Waals surface area contributed by atoms with Crippen LogP contribution >= 0.6 is 0 Å². The van der Waals surface area contributed by atoms with Gasteiger partial charge in [-0.3, -0.25) is 0 Å². The third-order valence-corrected chi connectivity index (χ3v) is 3.68. The highest BCUT2D eigenvalue weighted by Gasteiger charge is 2.20. The molecule has 0 aromatic heterocycles. The fourth-order valence-corrected chi connectivity index (χ4v) is 2.43. The Morgan fingerprint density at radius 1 is 1.05 bits per heavy atom. The number of aryl methyl sites for hydroxylation is 2. The van der Waals surface area contributed by atoms with Crippen LogP contribution in [0.15, 0.2) is 12.1 Å². The lowest BCUT2D eigenvalue weighted by atomic mass is 9.84. The molecular weight excluding hydrogens is 238 g/mol. The molecule has 3 heteroatoms. The Morgan fingerprint density at radius 2 is 1.47 bits per heavy atom. The van der Waals surface area contributed by atoms with Crippen molar-refractivity contribution >= 4 is 5.69 Å². The highest BCUT2D eigenvalue weighted by atomic mass is 16.3. The third kappa shape index (κ3) is 3.48. The highest BCUT2D eigenvalue weighted by molar-refractivity contribution is 5.61. The summed E-state index contributed by atoms with van der Waals surface area (Å²) < 4.78 is 0. The maximum Gasteiger partial charge on any atom is 0.0748 e. The Hall–Kier alpha value is -1.06. The molecule has 0 spiro atoms. The molecule has 3 nitrogen and oxygen atoms in total. The predicted molar refractivity (Wildman–Crippen MR) is 81.0 cm³/mol. The molecule has 19 heavy (non-hydrogen) atoms. The molecular formula is C16H27NO2. The molecule has 1 aromatic rings. The van der Waals surface area contributed by atoms with Crippen LogP contribution < -0.4 is 4.90 Å². The second-order valence-electron chi connectivity index (χ2n) is 6.34. The van der Waals surface area contributed by atoms with E-state index < -0.39 is 0 Å². The van der Waals surface area contributed by atoms with Crippen molar-refractivity contribution in [2.45, 2.75) is 46.1 Å². The molecule has 108 valence electrons. The molecule has 0 aliphatic carbocycles. The molecule has 0 saturated carbocycles. The number of anilines is 1. The first-order valence-corrected chi connectivity index (χ1v) is 6.78. The summed E-state index contributed by atoms with van der Waals surface area (Å²) >= 11 is 0. The Kier molecular flexibility index (Phi) is 4.99. The van der Waals surface area contributed by atoms with Crippen LogP contribution in [0.2, 0.25) is 0 Å². The number of nitrogens with zero attached hydrogens (tertiary/aromatic N) is 1. The lowest BCUT2D eigenvalue weighted by Gasteiger charge is -2.31. The van der Waals surface area contributed by atoms with E-state index in [1.54, 1.807) is 0 Å². The van der Waals surface area contributed by atoms with Crippen LogP contribution in [0, 0.1) is 13.8 Å². The van der Waals surface area contributed by atoms with Crippen molar-refractivity contribution in [1.29, 1.82) is 0 Å². The minimum atomic E-state index is -0.252. The van der Waals surface area contributed by atoms with Gasteiger partial charge in [-0.05, 0) is 36.0 Å². The van der Waals surface area contributed by atoms with Crippen molar-refractivity contribution in [3.8, 4) is 0 Å². The van der Waals surface area contributed by atoms with Crippen molar-refractivity contribution in [3.63, 3.8) is 0 Å². The molecule has 0 radical (unpaired) electrons. The van der Waals surface area contributed by atoms with Crippen LogP contribution in [0.5, 0.6) is 0 Å². The smallest absolute Gasteiger partial charge is 0.0748 e. The fraction of sp³-hybridized carbons (Fsp3) is 0.625. The standard InChI is InChI=1S/C16H27NO2/c1-11-7-13(16(3,4)5)8-12(2)15(11)17(6)14(9-18)10-19/h7-8,14,18-19H,9-10H2,1-6H3. The summed E-state index contributed by atoms with van der Waals surface area (Å²) in [6.45, 7) is 10.7. The summed E-state index contributed by atoms with van der Waals surface area (Å²) in [5.74, 6) is 0. The molecule has 1 rings (SSSR count). The van der Waals surface area contributed by atoms with Gasteiger partial charge in [0.25, 0.3) is 0 Å². The Bertz CT molecular complexity index is 408. The van der Waals surface area contributed by atoms with E-state index >= 15 is 0 Å². The third-order valence-electron chi connectivity index (χ3n) is 3.68. The van der Waals surface area contributed by atoms with Crippen molar-refractivity contribution in [3.05, 3.63) is 28.8 Å². The zero-order valence-electron chi connectivity index (χ0n) is 13.0. The van der Waals surface area contributed by atoms with Gasteiger partial charge in [-0.1, -0.05) is 32.9 Å². The maximum atomic E-state index is 9.32. The molecule has 0 unspecified atom stereocenters. The topological polar surface area (TPSA) is 43.7 Å². The van der Waals surface area contributed by atoms with Crippen LogP contribution in [-0.2, 0) is 5.41 Å². The summed E-state index contributed by atoms with van der Waals surface area (Å²) in [5, 5.41) is 18.6. The quantitative estimate of drug-likeness (QED) is 0.878. The first kappa shape index (κ1) is 16.0. The van der Waals surface area contributed by atoms with E-state index in [0.717, 1.165) is 5.69 Å². The number of aliphatic hydroxyl groups excluding tert-OH is 2. The lowest BCUT2D eigenvalue weighted by Crippen LogP contribution is -2.38. The van der Waals surface area contributed by atoms with Crippen LogP contribution in [0.25, 0.3) is 0 Å². The van der Waals surface area contributed by atoms with Gasteiger partial charge in [0.1, 0.15) is 0 Å². The Morgan fingerprint density at radius 3 is 1.79 bits per heavy atom. The predicted octanol–water partition coefficient (Wildman–Crippen LogP) is 2.39. The largest absolute Gasteiger partial charge is 0.394 e. The van der Waals surface area contributed by atoms with E-state index in [4.69, 9.17) is 0 Å². The molecule has 1 aromatic carbocycles. The Balaban J connectivity index is 3.24. The van der Waals surface area contributed by atoms with Crippen molar-refractivity contribution < 1.29 is 10.2 Å². The van der Waals surface area contributed by atoms with E-state index in [9.17, 15) is 10.2 Å². The van der Waals surface area contributed by atoms with Crippen LogP contribution in [-0.4, -0.2) is 36.5 Å². The number of benzene rings is 1. The van der Waals surface area contributed by atoms with Crippen molar-refractivity contribution in [1.82, 2.24) is 0 Å². The van der Waals surface area contributed by atoms with Gasteiger partial charge in [0.15, 0.2) is 0 Å².